The Morgan fingerprint density at radius 3 is 2.35 bits per heavy atom. The lowest BCUT2D eigenvalue weighted by Crippen LogP contribution is -2.38. The summed E-state index contributed by atoms with van der Waals surface area (Å²) in [5.74, 6) is 1.36. The number of nitrogens with zero attached hydrogens (tertiary/aromatic N) is 2. The zero-order valence-corrected chi connectivity index (χ0v) is 29.3. The van der Waals surface area contributed by atoms with Crippen molar-refractivity contribution in [2.24, 2.45) is 5.92 Å². The van der Waals surface area contributed by atoms with Crippen LogP contribution in [0.15, 0.2) is 132 Å². The van der Waals surface area contributed by atoms with Gasteiger partial charge in [-0.25, -0.2) is 4.98 Å². The molecule has 0 spiro atoms. The first kappa shape index (κ1) is 34.4. The van der Waals surface area contributed by atoms with Gasteiger partial charge in [0.1, 0.15) is 11.4 Å². The number of aliphatic hydroxyl groups is 1. The topological polar surface area (TPSA) is 103 Å². The number of rotatable bonds is 11. The maximum atomic E-state index is 12.9. The van der Waals surface area contributed by atoms with E-state index in [0.29, 0.717) is 12.1 Å². The largest absolute Gasteiger partial charge is 0.496 e. The Labute approximate surface area is 301 Å². The molecule has 1 aliphatic heterocycles. The van der Waals surface area contributed by atoms with Crippen LogP contribution in [0.2, 0.25) is 0 Å². The van der Waals surface area contributed by atoms with Gasteiger partial charge in [-0.1, -0.05) is 97.9 Å². The molecule has 0 radical (unpaired) electrons. The van der Waals surface area contributed by atoms with Crippen molar-refractivity contribution >= 4 is 28.7 Å². The van der Waals surface area contributed by atoms with E-state index in [-0.39, 0.29) is 36.3 Å². The van der Waals surface area contributed by atoms with Gasteiger partial charge in [0.05, 0.1) is 43.2 Å². The van der Waals surface area contributed by atoms with E-state index in [1.807, 2.05) is 78.9 Å². The van der Waals surface area contributed by atoms with E-state index in [1.165, 1.54) is 6.20 Å². The average Bonchev–Trinajstić information content (AvgIpc) is 3.19. The van der Waals surface area contributed by atoms with E-state index in [0.717, 1.165) is 55.3 Å². The minimum Gasteiger partial charge on any atom is -0.496 e. The molecule has 5 aromatic carbocycles. The van der Waals surface area contributed by atoms with Crippen LogP contribution in [0.4, 0.5) is 0 Å². The molecule has 9 heteroatoms. The number of para-hydroxylation sites is 3. The molecule has 51 heavy (non-hydrogen) atoms. The molecule has 2 N–H and O–H groups in total. The zero-order valence-electron chi connectivity index (χ0n) is 28.4. The van der Waals surface area contributed by atoms with Crippen LogP contribution in [-0.4, -0.2) is 39.9 Å². The number of thioether (sulfide) groups is 1. The molecule has 4 atom stereocenters. The van der Waals surface area contributed by atoms with Gasteiger partial charge in [0.2, 0.25) is 0 Å². The first-order chi connectivity index (χ1) is 25.0. The second-order valence-corrected chi connectivity index (χ2v) is 13.6. The van der Waals surface area contributed by atoms with Gasteiger partial charge in [-0.05, 0) is 58.1 Å². The number of ether oxygens (including phenoxy) is 3. The third-order valence-corrected chi connectivity index (χ3v) is 10.3. The van der Waals surface area contributed by atoms with Crippen molar-refractivity contribution in [2.45, 2.75) is 43.5 Å². The maximum Gasteiger partial charge on any atom is 0.271 e. The number of benzene rings is 5. The van der Waals surface area contributed by atoms with Crippen LogP contribution in [0.1, 0.15) is 52.1 Å². The Morgan fingerprint density at radius 1 is 0.824 bits per heavy atom. The fourth-order valence-corrected chi connectivity index (χ4v) is 7.45. The number of carbonyl (C=O) groups excluding carboxylic acids is 1. The third-order valence-electron chi connectivity index (χ3n) is 9.17. The number of amides is 1. The van der Waals surface area contributed by atoms with Crippen molar-refractivity contribution in [1.29, 1.82) is 0 Å². The molecular formula is C42H39N3O5S. The lowest BCUT2D eigenvalue weighted by Gasteiger charge is -2.41. The first-order valence-electron chi connectivity index (χ1n) is 16.9. The molecule has 2 heterocycles. The second-order valence-electron chi connectivity index (χ2n) is 12.5. The van der Waals surface area contributed by atoms with E-state index in [4.69, 9.17) is 14.2 Å². The molecule has 8 nitrogen and oxygen atoms in total. The quantitative estimate of drug-likeness (QED) is 0.130. The Kier molecular flexibility index (Phi) is 10.7. The summed E-state index contributed by atoms with van der Waals surface area (Å²) in [5, 5.41) is 12.6. The van der Waals surface area contributed by atoms with Crippen LogP contribution < -0.4 is 10.1 Å². The molecule has 0 saturated carbocycles. The lowest BCUT2D eigenvalue weighted by atomic mass is 9.91. The molecule has 1 aromatic heterocycles. The van der Waals surface area contributed by atoms with Gasteiger partial charge in [0, 0.05) is 28.7 Å². The van der Waals surface area contributed by atoms with Crippen LogP contribution in [0.25, 0.3) is 22.2 Å². The van der Waals surface area contributed by atoms with Crippen molar-refractivity contribution in [3.63, 3.8) is 0 Å². The van der Waals surface area contributed by atoms with Crippen molar-refractivity contribution in [2.75, 3.05) is 12.9 Å². The minimum atomic E-state index is -0.569. The third kappa shape index (κ3) is 7.97. The highest BCUT2D eigenvalue weighted by molar-refractivity contribution is 7.99. The number of hydrogen-bond donors (Lipinski definition) is 2. The lowest BCUT2D eigenvalue weighted by molar-refractivity contribution is -0.268. The van der Waals surface area contributed by atoms with Crippen LogP contribution in [-0.2, 0) is 22.6 Å². The van der Waals surface area contributed by atoms with Gasteiger partial charge in [0.25, 0.3) is 5.91 Å². The van der Waals surface area contributed by atoms with Crippen LogP contribution in [0, 0.1) is 5.92 Å². The SMILES string of the molecule is COc1ccccc1SC[C@@H]1O[C@H](c2ccc(-c3cccc(CNC(=O)c4cnc5ccccc5n4)c3)cc2)O[C@H](c2ccc(CO)cc2)[C@@H]1C. The van der Waals surface area contributed by atoms with Gasteiger partial charge < -0.3 is 24.6 Å². The summed E-state index contributed by atoms with van der Waals surface area (Å²) in [4.78, 5) is 22.8. The second kappa shape index (κ2) is 15.9. The summed E-state index contributed by atoms with van der Waals surface area (Å²) in [6.07, 6.45) is 0.633. The monoisotopic (exact) mass is 697 g/mol. The highest BCUT2D eigenvalue weighted by Crippen LogP contribution is 2.44. The van der Waals surface area contributed by atoms with E-state index in [9.17, 15) is 9.90 Å². The minimum absolute atomic E-state index is 0.00429. The molecule has 1 fully saturated rings. The number of methoxy groups -OCH3 is 1. The predicted octanol–water partition coefficient (Wildman–Crippen LogP) is 8.31. The smallest absolute Gasteiger partial charge is 0.271 e. The highest BCUT2D eigenvalue weighted by Gasteiger charge is 2.38. The Hall–Kier alpha value is -5.06. The highest BCUT2D eigenvalue weighted by atomic mass is 32.2. The van der Waals surface area contributed by atoms with Crippen molar-refractivity contribution < 1.29 is 24.1 Å². The van der Waals surface area contributed by atoms with Gasteiger partial charge in [-0.15, -0.1) is 11.8 Å². The first-order valence-corrected chi connectivity index (χ1v) is 17.9. The number of aliphatic hydroxyl groups excluding tert-OH is 1. The molecule has 0 aliphatic carbocycles. The summed E-state index contributed by atoms with van der Waals surface area (Å²) >= 11 is 1.72. The van der Waals surface area contributed by atoms with Crippen molar-refractivity contribution in [3.8, 4) is 16.9 Å². The molecule has 1 aliphatic rings. The Morgan fingerprint density at radius 2 is 1.57 bits per heavy atom. The number of aromatic nitrogens is 2. The molecule has 0 unspecified atom stereocenters. The van der Waals surface area contributed by atoms with Crippen molar-refractivity contribution in [1.82, 2.24) is 15.3 Å². The van der Waals surface area contributed by atoms with Gasteiger partial charge >= 0.3 is 0 Å². The number of nitrogens with one attached hydrogen (secondary N) is 1. The van der Waals surface area contributed by atoms with Crippen LogP contribution >= 0.6 is 11.8 Å². The molecule has 7 rings (SSSR count). The normalized spacial score (nSPS) is 18.7. The van der Waals surface area contributed by atoms with Crippen LogP contribution in [0.3, 0.4) is 0 Å². The number of hydrogen-bond acceptors (Lipinski definition) is 8. The molecular weight excluding hydrogens is 659 g/mol. The summed E-state index contributed by atoms with van der Waals surface area (Å²) in [6.45, 7) is 2.52. The fraction of sp³-hybridized carbons (Fsp3) is 0.214. The number of carbonyl (C=O) groups is 1. The summed E-state index contributed by atoms with van der Waals surface area (Å²) in [7, 11) is 1.69. The van der Waals surface area contributed by atoms with Gasteiger partial charge in [-0.2, -0.15) is 0 Å². The summed E-state index contributed by atoms with van der Waals surface area (Å²) in [6, 6.07) is 39.9. The standard InChI is InChI=1S/C42H39N3O5S/c1-27-38(26-51-39-13-6-5-12-37(39)48-2)49-42(50-40(27)31-16-14-28(25-46)15-17-31)32-20-18-30(19-21-32)33-9-7-8-29(22-33)23-44-41(47)36-24-43-34-10-3-4-11-35(34)45-36/h3-22,24,27,38,40,42,46H,23,25-26H2,1-2H3,(H,44,47)/t27-,38+,40+,42+/m1/s1. The molecule has 0 bridgehead atoms. The number of fused-ring (bicyclic) bond motifs is 1. The fourth-order valence-electron chi connectivity index (χ4n) is 6.25. The maximum absolute atomic E-state index is 12.9. The van der Waals surface area contributed by atoms with Gasteiger partial charge in [-0.3, -0.25) is 9.78 Å². The van der Waals surface area contributed by atoms with Crippen LogP contribution in [0.5, 0.6) is 5.75 Å². The summed E-state index contributed by atoms with van der Waals surface area (Å²) in [5.41, 5.74) is 7.59. The average molecular weight is 698 g/mol. The molecule has 1 amide bonds. The molecule has 6 aromatic rings. The Bertz CT molecular complexity index is 2110. The van der Waals surface area contributed by atoms with E-state index in [1.54, 1.807) is 18.9 Å². The summed E-state index contributed by atoms with van der Waals surface area (Å²) < 4.78 is 19.0. The molecule has 1 saturated heterocycles. The van der Waals surface area contributed by atoms with E-state index in [2.05, 4.69) is 64.7 Å². The predicted molar refractivity (Wildman–Crippen MR) is 199 cm³/mol. The van der Waals surface area contributed by atoms with Gasteiger partial charge in [0.15, 0.2) is 6.29 Å². The molecule has 258 valence electrons. The van der Waals surface area contributed by atoms with Crippen molar-refractivity contribution in [3.05, 3.63) is 155 Å². The zero-order chi connectivity index (χ0) is 35.2. The van der Waals surface area contributed by atoms with E-state index < -0.39 is 6.29 Å². The van der Waals surface area contributed by atoms with E-state index >= 15 is 0 Å². The Balaban J connectivity index is 1.06.